The van der Waals surface area contributed by atoms with Gasteiger partial charge in [-0.3, -0.25) is 9.69 Å². The number of rotatable bonds is 6. The minimum absolute atomic E-state index is 0.121. The van der Waals surface area contributed by atoms with Crippen molar-refractivity contribution in [2.45, 2.75) is 13.5 Å². The molecule has 2 heterocycles. The third-order valence-electron chi connectivity index (χ3n) is 3.60. The van der Waals surface area contributed by atoms with Gasteiger partial charge in [0.15, 0.2) is 0 Å². The van der Waals surface area contributed by atoms with Gasteiger partial charge in [-0.05, 0) is 30.7 Å². The first kappa shape index (κ1) is 17.5. The van der Waals surface area contributed by atoms with Crippen LogP contribution in [-0.2, 0) is 11.4 Å². The Labute approximate surface area is 156 Å². The Morgan fingerprint density at radius 1 is 1.32 bits per heavy atom. The van der Waals surface area contributed by atoms with Gasteiger partial charge < -0.3 is 9.15 Å². The molecule has 1 aliphatic rings. The van der Waals surface area contributed by atoms with E-state index in [-0.39, 0.29) is 5.91 Å². The number of thioether (sulfide) groups is 1. The van der Waals surface area contributed by atoms with Crippen molar-refractivity contribution in [3.8, 4) is 5.75 Å². The molecule has 1 amide bonds. The molecule has 0 aliphatic carbocycles. The fraction of sp³-hybridized carbons (Fsp3) is 0.158. The average molecular weight is 371 g/mol. The first-order chi connectivity index (χ1) is 12.1. The van der Waals surface area contributed by atoms with Crippen molar-refractivity contribution in [1.29, 1.82) is 0 Å². The Hall–Kier alpha value is -2.31. The van der Waals surface area contributed by atoms with Crippen LogP contribution in [0.15, 0.2) is 58.4 Å². The van der Waals surface area contributed by atoms with Gasteiger partial charge in [-0.2, -0.15) is 0 Å². The minimum atomic E-state index is -0.121. The number of ether oxygens (including phenoxy) is 1. The van der Waals surface area contributed by atoms with Crippen molar-refractivity contribution < 1.29 is 13.9 Å². The van der Waals surface area contributed by atoms with Crippen molar-refractivity contribution in [3.05, 3.63) is 71.0 Å². The molecule has 0 saturated carbocycles. The Morgan fingerprint density at radius 2 is 2.12 bits per heavy atom. The molecule has 0 bridgehead atoms. The van der Waals surface area contributed by atoms with E-state index in [0.29, 0.717) is 33.9 Å². The smallest absolute Gasteiger partial charge is 0.266 e. The van der Waals surface area contributed by atoms with E-state index in [1.807, 2.05) is 43.3 Å². The van der Waals surface area contributed by atoms with Crippen molar-refractivity contribution in [3.63, 3.8) is 0 Å². The molecular formula is C19H17NO3S2. The second kappa shape index (κ2) is 7.72. The van der Waals surface area contributed by atoms with E-state index < -0.39 is 0 Å². The van der Waals surface area contributed by atoms with Crippen LogP contribution in [-0.4, -0.2) is 21.7 Å². The molecular weight excluding hydrogens is 354 g/mol. The number of nitrogens with zero attached hydrogens (tertiary/aromatic N) is 1. The maximum Gasteiger partial charge on any atom is 0.266 e. The Kier molecular flexibility index (Phi) is 5.40. The summed E-state index contributed by atoms with van der Waals surface area (Å²) in [6.07, 6.45) is 3.36. The van der Waals surface area contributed by atoms with Gasteiger partial charge in [0.2, 0.25) is 0 Å². The predicted octanol–water partition coefficient (Wildman–Crippen LogP) is 4.55. The number of amides is 1. The van der Waals surface area contributed by atoms with E-state index in [0.717, 1.165) is 11.3 Å². The second-order valence-corrected chi connectivity index (χ2v) is 7.12. The lowest BCUT2D eigenvalue weighted by molar-refractivity contribution is -0.121. The van der Waals surface area contributed by atoms with Gasteiger partial charge in [0.1, 0.15) is 28.2 Å². The van der Waals surface area contributed by atoms with Crippen LogP contribution in [0.2, 0.25) is 0 Å². The van der Waals surface area contributed by atoms with E-state index in [4.69, 9.17) is 21.4 Å². The molecule has 4 nitrogen and oxygen atoms in total. The summed E-state index contributed by atoms with van der Waals surface area (Å²) in [6, 6.07) is 11.5. The average Bonchev–Trinajstić information content (AvgIpc) is 3.14. The molecule has 1 fully saturated rings. The fourth-order valence-electron chi connectivity index (χ4n) is 2.33. The molecule has 6 heteroatoms. The zero-order chi connectivity index (χ0) is 17.8. The summed E-state index contributed by atoms with van der Waals surface area (Å²) in [6.45, 7) is 6.38. The molecule has 1 aliphatic heterocycles. The fourth-order valence-corrected chi connectivity index (χ4v) is 3.59. The van der Waals surface area contributed by atoms with Crippen molar-refractivity contribution in [2.24, 2.45) is 0 Å². The first-order valence-electron chi connectivity index (χ1n) is 7.72. The number of carbonyl (C=O) groups excluding carboxylic acids is 1. The van der Waals surface area contributed by atoms with Gasteiger partial charge in [0, 0.05) is 12.6 Å². The maximum atomic E-state index is 12.3. The lowest BCUT2D eigenvalue weighted by Gasteiger charge is -2.10. The van der Waals surface area contributed by atoms with Crippen LogP contribution in [0.4, 0.5) is 0 Å². The summed E-state index contributed by atoms with van der Waals surface area (Å²) in [5.74, 6) is 1.99. The van der Waals surface area contributed by atoms with Crippen LogP contribution in [0.3, 0.4) is 0 Å². The van der Waals surface area contributed by atoms with Gasteiger partial charge in [0.05, 0.1) is 4.91 Å². The van der Waals surface area contributed by atoms with Crippen molar-refractivity contribution in [1.82, 2.24) is 4.90 Å². The number of furan rings is 1. The zero-order valence-corrected chi connectivity index (χ0v) is 15.4. The Bertz CT molecular complexity index is 854. The van der Waals surface area contributed by atoms with Crippen LogP contribution in [0, 0.1) is 6.92 Å². The van der Waals surface area contributed by atoms with E-state index >= 15 is 0 Å². The van der Waals surface area contributed by atoms with Gasteiger partial charge in [-0.1, -0.05) is 48.3 Å². The lowest BCUT2D eigenvalue weighted by Crippen LogP contribution is -2.27. The SMILES string of the molecule is C=CCN1C(=O)/C(=C\c2ccc(COc3ccccc3C)o2)SC1=S. The van der Waals surface area contributed by atoms with Crippen LogP contribution in [0.25, 0.3) is 6.08 Å². The van der Waals surface area contributed by atoms with Crippen LogP contribution in [0.5, 0.6) is 5.75 Å². The minimum Gasteiger partial charge on any atom is -0.485 e. The number of para-hydroxylation sites is 1. The molecule has 128 valence electrons. The highest BCUT2D eigenvalue weighted by molar-refractivity contribution is 8.26. The third-order valence-corrected chi connectivity index (χ3v) is 4.98. The molecule has 3 rings (SSSR count). The molecule has 1 saturated heterocycles. The third kappa shape index (κ3) is 4.03. The number of hydrogen-bond acceptors (Lipinski definition) is 5. The Morgan fingerprint density at radius 3 is 2.88 bits per heavy atom. The molecule has 0 radical (unpaired) electrons. The van der Waals surface area contributed by atoms with E-state index in [1.54, 1.807) is 12.2 Å². The maximum absolute atomic E-state index is 12.3. The summed E-state index contributed by atoms with van der Waals surface area (Å²) in [5, 5.41) is 0. The quantitative estimate of drug-likeness (QED) is 0.423. The van der Waals surface area contributed by atoms with E-state index in [1.165, 1.54) is 16.7 Å². The molecule has 25 heavy (non-hydrogen) atoms. The van der Waals surface area contributed by atoms with Crippen LogP contribution in [0.1, 0.15) is 17.1 Å². The largest absolute Gasteiger partial charge is 0.485 e. The second-order valence-electron chi connectivity index (χ2n) is 5.44. The monoisotopic (exact) mass is 371 g/mol. The van der Waals surface area contributed by atoms with Gasteiger partial charge in [-0.25, -0.2) is 0 Å². The van der Waals surface area contributed by atoms with E-state index in [2.05, 4.69) is 6.58 Å². The van der Waals surface area contributed by atoms with Crippen LogP contribution < -0.4 is 4.74 Å². The highest BCUT2D eigenvalue weighted by Gasteiger charge is 2.31. The van der Waals surface area contributed by atoms with Gasteiger partial charge >= 0.3 is 0 Å². The van der Waals surface area contributed by atoms with Gasteiger partial charge in [0.25, 0.3) is 5.91 Å². The molecule has 1 aromatic heterocycles. The standard InChI is InChI=1S/C19H17NO3S2/c1-3-10-20-18(21)17(25-19(20)24)11-14-8-9-15(23-14)12-22-16-7-5-4-6-13(16)2/h3-9,11H,1,10,12H2,2H3/b17-11+. The summed E-state index contributed by atoms with van der Waals surface area (Å²) >= 11 is 6.49. The molecule has 0 spiro atoms. The molecule has 0 unspecified atom stereocenters. The Balaban J connectivity index is 1.68. The van der Waals surface area contributed by atoms with Crippen LogP contribution >= 0.6 is 24.0 Å². The highest BCUT2D eigenvalue weighted by Crippen LogP contribution is 2.32. The number of thiocarbonyl (C=S) groups is 1. The summed E-state index contributed by atoms with van der Waals surface area (Å²) < 4.78 is 12.0. The molecule has 0 N–H and O–H groups in total. The van der Waals surface area contributed by atoms with Gasteiger partial charge in [-0.15, -0.1) is 6.58 Å². The molecule has 0 atom stereocenters. The number of benzene rings is 1. The highest BCUT2D eigenvalue weighted by atomic mass is 32.2. The zero-order valence-electron chi connectivity index (χ0n) is 13.7. The molecule has 2 aromatic rings. The topological polar surface area (TPSA) is 42.7 Å². The normalized spacial score (nSPS) is 15.9. The number of aryl methyl sites for hydroxylation is 1. The van der Waals surface area contributed by atoms with Crippen molar-refractivity contribution >= 4 is 40.3 Å². The van der Waals surface area contributed by atoms with E-state index in [9.17, 15) is 4.79 Å². The predicted molar refractivity (Wildman–Crippen MR) is 104 cm³/mol. The first-order valence-corrected chi connectivity index (χ1v) is 8.94. The summed E-state index contributed by atoms with van der Waals surface area (Å²) in [5.41, 5.74) is 1.07. The number of hydrogen-bond donors (Lipinski definition) is 0. The molecule has 1 aromatic carbocycles. The summed E-state index contributed by atoms with van der Waals surface area (Å²) in [7, 11) is 0. The summed E-state index contributed by atoms with van der Waals surface area (Å²) in [4.78, 5) is 14.4. The number of carbonyl (C=O) groups is 1. The lowest BCUT2D eigenvalue weighted by atomic mass is 10.2. The van der Waals surface area contributed by atoms with Crippen molar-refractivity contribution in [2.75, 3.05) is 6.54 Å².